The molecule has 186 valence electrons. The molecule has 0 unspecified atom stereocenters. The predicted molar refractivity (Wildman–Crippen MR) is 135 cm³/mol. The summed E-state index contributed by atoms with van der Waals surface area (Å²) in [7, 11) is 0. The van der Waals surface area contributed by atoms with Crippen LogP contribution in [0.2, 0.25) is 0 Å². The molecule has 0 N–H and O–H groups in total. The van der Waals surface area contributed by atoms with E-state index in [1.807, 2.05) is 69.3 Å². The molecule has 0 aliphatic rings. The Morgan fingerprint density at radius 1 is 0.676 bits per heavy atom. The first-order chi connectivity index (χ1) is 17.6. The minimum atomic E-state index is -4.72. The van der Waals surface area contributed by atoms with Crippen molar-refractivity contribution in [3.8, 4) is 39.7 Å². The van der Waals surface area contributed by atoms with Gasteiger partial charge in [0, 0.05) is 22.3 Å². The van der Waals surface area contributed by atoms with Gasteiger partial charge in [0.1, 0.15) is 5.82 Å². The van der Waals surface area contributed by atoms with E-state index in [2.05, 4.69) is 9.97 Å². The van der Waals surface area contributed by atoms with Crippen LogP contribution in [0.1, 0.15) is 22.4 Å². The highest BCUT2D eigenvalue weighted by molar-refractivity contribution is 5.75. The third-order valence-electron chi connectivity index (χ3n) is 6.11. The molecule has 3 aromatic carbocycles. The Kier molecular flexibility index (Phi) is 6.11. The van der Waals surface area contributed by atoms with E-state index < -0.39 is 17.7 Å². The van der Waals surface area contributed by atoms with Gasteiger partial charge in [0.05, 0.1) is 17.1 Å². The zero-order valence-corrected chi connectivity index (χ0v) is 20.3. The molecule has 0 saturated carbocycles. The molecule has 2 aromatic heterocycles. The van der Waals surface area contributed by atoms with Crippen LogP contribution in [0.4, 0.5) is 17.6 Å². The number of hydrogen-bond acceptors (Lipinski definition) is 3. The van der Waals surface area contributed by atoms with Gasteiger partial charge in [-0.1, -0.05) is 59.7 Å². The van der Waals surface area contributed by atoms with Gasteiger partial charge >= 0.3 is 6.18 Å². The van der Waals surface area contributed by atoms with Crippen LogP contribution in [0, 0.1) is 26.6 Å². The van der Waals surface area contributed by atoms with Crippen LogP contribution in [-0.2, 0) is 6.18 Å². The second kappa shape index (κ2) is 9.28. The van der Waals surface area contributed by atoms with E-state index in [0.717, 1.165) is 33.9 Å². The third-order valence-corrected chi connectivity index (χ3v) is 6.11. The van der Waals surface area contributed by atoms with Gasteiger partial charge in [0.25, 0.3) is 5.95 Å². The van der Waals surface area contributed by atoms with Crippen molar-refractivity contribution >= 4 is 0 Å². The van der Waals surface area contributed by atoms with Crippen LogP contribution >= 0.6 is 0 Å². The van der Waals surface area contributed by atoms with E-state index in [1.54, 1.807) is 0 Å². The molecule has 0 saturated heterocycles. The Morgan fingerprint density at radius 2 is 1.22 bits per heavy atom. The minimum Gasteiger partial charge on any atom is -0.211 e. The quantitative estimate of drug-likeness (QED) is 0.236. The van der Waals surface area contributed by atoms with Gasteiger partial charge in [-0.15, -0.1) is 0 Å². The fourth-order valence-corrected chi connectivity index (χ4v) is 4.12. The van der Waals surface area contributed by atoms with Crippen molar-refractivity contribution in [3.05, 3.63) is 107 Å². The molecule has 8 heteroatoms. The molecule has 2 heterocycles. The van der Waals surface area contributed by atoms with Crippen LogP contribution in [0.15, 0.2) is 78.9 Å². The Morgan fingerprint density at radius 3 is 1.78 bits per heavy atom. The topological polar surface area (TPSA) is 43.6 Å². The lowest BCUT2D eigenvalue weighted by molar-refractivity contribution is -0.141. The molecule has 0 bridgehead atoms. The number of alkyl halides is 3. The van der Waals surface area contributed by atoms with Gasteiger partial charge < -0.3 is 0 Å². The molecule has 5 aromatic rings. The summed E-state index contributed by atoms with van der Waals surface area (Å²) >= 11 is 0. The number of halogens is 4. The molecule has 0 fully saturated rings. The van der Waals surface area contributed by atoms with Gasteiger partial charge in [0.2, 0.25) is 0 Å². The largest absolute Gasteiger partial charge is 0.433 e. The predicted octanol–water partition coefficient (Wildman–Crippen LogP) is 7.75. The fraction of sp³-hybridized carbons (Fsp3) is 0.138. The number of rotatable bonds is 4. The molecular formula is C29H22F4N4. The second-order valence-electron chi connectivity index (χ2n) is 8.91. The van der Waals surface area contributed by atoms with Crippen LogP contribution in [-0.4, -0.2) is 19.7 Å². The number of benzene rings is 3. The Hall–Kier alpha value is -4.33. The van der Waals surface area contributed by atoms with Crippen molar-refractivity contribution in [2.75, 3.05) is 0 Å². The average Bonchev–Trinajstić information content (AvgIpc) is 3.21. The lowest BCUT2D eigenvalue weighted by Gasteiger charge is -2.13. The van der Waals surface area contributed by atoms with Crippen molar-refractivity contribution < 1.29 is 17.6 Å². The van der Waals surface area contributed by atoms with Gasteiger partial charge in [-0.25, -0.2) is 14.4 Å². The molecule has 0 spiro atoms. The first-order valence-electron chi connectivity index (χ1n) is 11.6. The van der Waals surface area contributed by atoms with Gasteiger partial charge in [-0.3, -0.25) is 0 Å². The van der Waals surface area contributed by atoms with Crippen molar-refractivity contribution in [1.82, 2.24) is 19.7 Å². The molecule has 0 aliphatic carbocycles. The Balaban J connectivity index is 1.78. The highest BCUT2D eigenvalue weighted by atomic mass is 19.4. The first-order valence-corrected chi connectivity index (χ1v) is 11.6. The number of aromatic nitrogens is 4. The van der Waals surface area contributed by atoms with Crippen LogP contribution < -0.4 is 0 Å². The van der Waals surface area contributed by atoms with E-state index in [9.17, 15) is 17.6 Å². The highest BCUT2D eigenvalue weighted by Gasteiger charge is 2.34. The number of hydrogen-bond donors (Lipinski definition) is 0. The fourth-order valence-electron chi connectivity index (χ4n) is 4.12. The molecule has 0 aliphatic heterocycles. The minimum absolute atomic E-state index is 0.0113. The highest BCUT2D eigenvalue weighted by Crippen LogP contribution is 2.35. The Bertz CT molecular complexity index is 1570. The summed E-state index contributed by atoms with van der Waals surface area (Å²) in [5.41, 5.74) is 4.89. The van der Waals surface area contributed by atoms with E-state index >= 15 is 0 Å². The lowest BCUT2D eigenvalue weighted by Crippen LogP contribution is -2.14. The smallest absolute Gasteiger partial charge is 0.211 e. The molecular weight excluding hydrogens is 480 g/mol. The van der Waals surface area contributed by atoms with E-state index in [0.29, 0.717) is 17.0 Å². The summed E-state index contributed by atoms with van der Waals surface area (Å²) < 4.78 is 56.6. The van der Waals surface area contributed by atoms with Crippen LogP contribution in [0.5, 0.6) is 0 Å². The van der Waals surface area contributed by atoms with E-state index in [4.69, 9.17) is 5.10 Å². The Labute approximate surface area is 211 Å². The number of aryl methyl sites for hydroxylation is 2. The summed E-state index contributed by atoms with van der Waals surface area (Å²) in [5.74, 6) is -0.729. The number of nitrogens with zero attached hydrogens (tertiary/aromatic N) is 4. The zero-order valence-electron chi connectivity index (χ0n) is 20.3. The van der Waals surface area contributed by atoms with E-state index in [1.165, 1.54) is 28.9 Å². The van der Waals surface area contributed by atoms with Gasteiger partial charge in [0.15, 0.2) is 5.69 Å². The molecule has 5 rings (SSSR count). The van der Waals surface area contributed by atoms with Gasteiger partial charge in [-0.2, -0.15) is 23.0 Å². The van der Waals surface area contributed by atoms with E-state index in [-0.39, 0.29) is 11.6 Å². The monoisotopic (exact) mass is 502 g/mol. The van der Waals surface area contributed by atoms with Gasteiger partial charge in [-0.05, 0) is 51.1 Å². The maximum Gasteiger partial charge on any atom is 0.433 e. The summed E-state index contributed by atoms with van der Waals surface area (Å²) in [5, 5.41) is 4.72. The second-order valence-corrected chi connectivity index (χ2v) is 8.91. The van der Waals surface area contributed by atoms with Crippen molar-refractivity contribution in [2.45, 2.75) is 26.9 Å². The third kappa shape index (κ3) is 4.87. The lowest BCUT2D eigenvalue weighted by atomic mass is 10.0. The zero-order chi connectivity index (χ0) is 26.3. The van der Waals surface area contributed by atoms with Crippen molar-refractivity contribution in [2.24, 2.45) is 0 Å². The molecule has 0 radical (unpaired) electrons. The van der Waals surface area contributed by atoms with Crippen molar-refractivity contribution in [1.29, 1.82) is 0 Å². The SMILES string of the molecule is Cc1ccc(-c2nn(-c3nc(-c4ccc(F)cc4)cc(C(F)(F)F)n3)c(-c3ccc(C)cc3)c2C)cc1. The summed E-state index contributed by atoms with van der Waals surface area (Å²) in [6.07, 6.45) is -4.72. The van der Waals surface area contributed by atoms with Crippen LogP contribution in [0.3, 0.4) is 0 Å². The molecule has 0 atom stereocenters. The molecule has 37 heavy (non-hydrogen) atoms. The normalized spacial score (nSPS) is 11.6. The first kappa shape index (κ1) is 24.4. The van der Waals surface area contributed by atoms with Crippen molar-refractivity contribution in [3.63, 3.8) is 0 Å². The van der Waals surface area contributed by atoms with Crippen LogP contribution in [0.25, 0.3) is 39.7 Å². The molecule has 0 amide bonds. The summed E-state index contributed by atoms with van der Waals surface area (Å²) in [6, 6.07) is 21.4. The maximum atomic E-state index is 13.9. The standard InChI is InChI=1S/C29H22F4N4/c1-17-4-8-21(9-5-17)26-19(3)27(22-10-6-18(2)7-11-22)37(36-26)28-34-24(16-25(35-28)29(31,32)33)20-12-14-23(30)15-13-20/h4-16H,1-3H3. The average molecular weight is 503 g/mol. The maximum absolute atomic E-state index is 13.9. The summed E-state index contributed by atoms with van der Waals surface area (Å²) in [4.78, 5) is 8.32. The molecule has 4 nitrogen and oxygen atoms in total. The summed E-state index contributed by atoms with van der Waals surface area (Å²) in [6.45, 7) is 5.80.